The summed E-state index contributed by atoms with van der Waals surface area (Å²) in [5.41, 5.74) is 0.102. The Balaban J connectivity index is 2.23. The average molecular weight is 366 g/mol. The molecule has 0 atom stereocenters. The molecular formula is C11H15IN2O2S. The fraction of sp³-hybridized carbons (Fsp3) is 0.636. The van der Waals surface area contributed by atoms with Gasteiger partial charge in [0.05, 0.1) is 9.90 Å². The van der Waals surface area contributed by atoms with E-state index < -0.39 is 0 Å². The first kappa shape index (κ1) is 13.4. The molecule has 2 rings (SSSR count). The minimum absolute atomic E-state index is 0.0354. The van der Waals surface area contributed by atoms with Crippen LogP contribution < -0.4 is 5.56 Å². The summed E-state index contributed by atoms with van der Waals surface area (Å²) in [5.74, 6) is 0.772. The second-order valence-corrected chi connectivity index (χ2v) is 5.92. The molecule has 0 bridgehead atoms. The van der Waals surface area contributed by atoms with Gasteiger partial charge in [0.2, 0.25) is 0 Å². The lowest BCUT2D eigenvalue weighted by Gasteiger charge is -2.36. The molecule has 1 aliphatic heterocycles. The van der Waals surface area contributed by atoms with Gasteiger partial charge in [-0.15, -0.1) is 0 Å². The van der Waals surface area contributed by atoms with Crippen LogP contribution in [0.25, 0.3) is 0 Å². The normalized spacial score (nSPS) is 19.2. The van der Waals surface area contributed by atoms with Crippen LogP contribution >= 0.6 is 35.2 Å². The fourth-order valence-electron chi connectivity index (χ4n) is 2.07. The Morgan fingerprint density at radius 1 is 1.53 bits per heavy atom. The van der Waals surface area contributed by atoms with E-state index in [1.165, 1.54) is 0 Å². The van der Waals surface area contributed by atoms with Gasteiger partial charge in [-0.2, -0.15) is 12.6 Å². The smallest absolute Gasteiger partial charge is 0.266 e. The second kappa shape index (κ2) is 5.71. The topological polar surface area (TPSA) is 44.1 Å². The predicted octanol–water partition coefficient (Wildman–Crippen LogP) is 1.57. The zero-order valence-electron chi connectivity index (χ0n) is 9.43. The average Bonchev–Trinajstić information content (AvgIpc) is 2.36. The summed E-state index contributed by atoms with van der Waals surface area (Å²) in [4.78, 5) is 16.0. The number of rotatable bonds is 3. The van der Waals surface area contributed by atoms with Crippen molar-refractivity contribution in [2.45, 2.75) is 19.4 Å². The number of nitrogens with zero attached hydrogens (tertiary/aromatic N) is 2. The lowest BCUT2D eigenvalue weighted by atomic mass is 9.82. The van der Waals surface area contributed by atoms with Gasteiger partial charge in [-0.25, -0.2) is 4.98 Å². The molecule has 1 saturated heterocycles. The van der Waals surface area contributed by atoms with Gasteiger partial charge in [0.25, 0.3) is 5.56 Å². The zero-order valence-corrected chi connectivity index (χ0v) is 12.5. The van der Waals surface area contributed by atoms with Crippen LogP contribution in [0, 0.1) is 8.99 Å². The summed E-state index contributed by atoms with van der Waals surface area (Å²) in [5, 5.41) is 0. The summed E-state index contributed by atoms with van der Waals surface area (Å²) in [6, 6.07) is 0. The van der Waals surface area contributed by atoms with Crippen molar-refractivity contribution in [1.82, 2.24) is 9.55 Å². The standard InChI is InChI=1S/C11H15IN2O2S/c12-9-5-13-8-14(10(9)15)6-11(7-17)1-3-16-4-2-11/h5,8,17H,1-4,6-7H2. The lowest BCUT2D eigenvalue weighted by Crippen LogP contribution is -2.39. The number of halogens is 1. The predicted molar refractivity (Wildman–Crippen MR) is 77.6 cm³/mol. The van der Waals surface area contributed by atoms with Crippen LogP contribution in [-0.2, 0) is 11.3 Å². The number of hydrogen-bond acceptors (Lipinski definition) is 4. The highest BCUT2D eigenvalue weighted by Gasteiger charge is 2.32. The van der Waals surface area contributed by atoms with Crippen molar-refractivity contribution >= 4 is 35.2 Å². The van der Waals surface area contributed by atoms with E-state index >= 15 is 0 Å². The maximum absolute atomic E-state index is 12.0. The largest absolute Gasteiger partial charge is 0.381 e. The van der Waals surface area contributed by atoms with E-state index in [0.717, 1.165) is 31.8 Å². The third kappa shape index (κ3) is 3.03. The van der Waals surface area contributed by atoms with Crippen LogP contribution in [0.15, 0.2) is 17.3 Å². The Hall–Kier alpha value is -0.0800. The van der Waals surface area contributed by atoms with Crippen LogP contribution in [0.5, 0.6) is 0 Å². The van der Waals surface area contributed by atoms with Crippen molar-refractivity contribution in [3.63, 3.8) is 0 Å². The van der Waals surface area contributed by atoms with Gasteiger partial charge in [0.1, 0.15) is 0 Å². The Kier molecular flexibility index (Phi) is 4.48. The van der Waals surface area contributed by atoms with Crippen molar-refractivity contribution < 1.29 is 4.74 Å². The molecular weight excluding hydrogens is 351 g/mol. The van der Waals surface area contributed by atoms with E-state index in [-0.39, 0.29) is 11.0 Å². The third-order valence-electron chi connectivity index (χ3n) is 3.25. The monoisotopic (exact) mass is 366 g/mol. The molecule has 1 aromatic rings. The van der Waals surface area contributed by atoms with E-state index in [9.17, 15) is 4.79 Å². The first-order valence-corrected chi connectivity index (χ1v) is 7.27. The highest BCUT2D eigenvalue weighted by atomic mass is 127. The molecule has 0 amide bonds. The molecule has 0 spiro atoms. The van der Waals surface area contributed by atoms with Crippen LogP contribution in [0.2, 0.25) is 0 Å². The minimum atomic E-state index is 0.0354. The van der Waals surface area contributed by atoms with E-state index in [4.69, 9.17) is 4.74 Å². The van der Waals surface area contributed by atoms with Crippen molar-refractivity contribution in [1.29, 1.82) is 0 Å². The summed E-state index contributed by atoms with van der Waals surface area (Å²) < 4.78 is 7.74. The Morgan fingerprint density at radius 3 is 2.88 bits per heavy atom. The number of thiol groups is 1. The van der Waals surface area contributed by atoms with Crippen molar-refractivity contribution in [2.24, 2.45) is 5.41 Å². The molecule has 0 N–H and O–H groups in total. The summed E-state index contributed by atoms with van der Waals surface area (Å²) in [6.45, 7) is 2.20. The molecule has 1 aromatic heterocycles. The molecule has 1 fully saturated rings. The lowest BCUT2D eigenvalue weighted by molar-refractivity contribution is 0.0175. The van der Waals surface area contributed by atoms with Gasteiger partial charge in [-0.05, 0) is 41.2 Å². The quantitative estimate of drug-likeness (QED) is 0.653. The molecule has 0 aliphatic carbocycles. The van der Waals surface area contributed by atoms with Crippen LogP contribution in [-0.4, -0.2) is 28.5 Å². The van der Waals surface area contributed by atoms with Gasteiger partial charge in [-0.1, -0.05) is 0 Å². The Labute approximate surface area is 119 Å². The van der Waals surface area contributed by atoms with Gasteiger partial charge < -0.3 is 4.74 Å². The van der Waals surface area contributed by atoms with E-state index in [1.54, 1.807) is 17.1 Å². The van der Waals surface area contributed by atoms with Crippen LogP contribution in [0.4, 0.5) is 0 Å². The first-order valence-electron chi connectivity index (χ1n) is 5.55. The highest BCUT2D eigenvalue weighted by Crippen LogP contribution is 2.33. The molecule has 0 radical (unpaired) electrons. The minimum Gasteiger partial charge on any atom is -0.381 e. The Morgan fingerprint density at radius 2 is 2.24 bits per heavy atom. The maximum atomic E-state index is 12.0. The molecule has 0 saturated carbocycles. The van der Waals surface area contributed by atoms with Gasteiger partial charge in [0, 0.05) is 31.4 Å². The molecule has 94 valence electrons. The SMILES string of the molecule is O=c1c(I)cncn1CC1(CS)CCOCC1. The summed E-state index contributed by atoms with van der Waals surface area (Å²) in [6.07, 6.45) is 5.12. The molecule has 17 heavy (non-hydrogen) atoms. The van der Waals surface area contributed by atoms with Crippen LogP contribution in [0.3, 0.4) is 0 Å². The number of hydrogen-bond donors (Lipinski definition) is 1. The highest BCUT2D eigenvalue weighted by molar-refractivity contribution is 14.1. The fourth-order valence-corrected chi connectivity index (χ4v) is 2.96. The third-order valence-corrected chi connectivity index (χ3v) is 4.66. The summed E-state index contributed by atoms with van der Waals surface area (Å²) in [7, 11) is 0. The summed E-state index contributed by atoms with van der Waals surface area (Å²) >= 11 is 6.47. The second-order valence-electron chi connectivity index (χ2n) is 4.45. The number of ether oxygens (including phenoxy) is 1. The van der Waals surface area contributed by atoms with Gasteiger partial charge in [-0.3, -0.25) is 9.36 Å². The van der Waals surface area contributed by atoms with Gasteiger partial charge in [0.15, 0.2) is 0 Å². The van der Waals surface area contributed by atoms with Crippen molar-refractivity contribution in [3.05, 3.63) is 26.4 Å². The molecule has 2 heterocycles. The first-order chi connectivity index (χ1) is 8.17. The number of aromatic nitrogens is 2. The van der Waals surface area contributed by atoms with Crippen LogP contribution in [0.1, 0.15) is 12.8 Å². The maximum Gasteiger partial charge on any atom is 0.266 e. The van der Waals surface area contributed by atoms with E-state index in [0.29, 0.717) is 10.1 Å². The van der Waals surface area contributed by atoms with Crippen molar-refractivity contribution in [3.8, 4) is 0 Å². The Bertz CT molecular complexity index is 443. The molecule has 0 unspecified atom stereocenters. The van der Waals surface area contributed by atoms with Gasteiger partial charge >= 0.3 is 0 Å². The zero-order chi connectivity index (χ0) is 12.3. The van der Waals surface area contributed by atoms with E-state index in [1.807, 2.05) is 22.6 Å². The molecule has 0 aromatic carbocycles. The molecule has 6 heteroatoms. The molecule has 4 nitrogen and oxygen atoms in total. The van der Waals surface area contributed by atoms with E-state index in [2.05, 4.69) is 17.6 Å². The van der Waals surface area contributed by atoms with Crippen molar-refractivity contribution in [2.75, 3.05) is 19.0 Å². The molecule has 1 aliphatic rings.